The first-order chi connectivity index (χ1) is 10.1. The average Bonchev–Trinajstić information content (AvgIpc) is 2.98. The van der Waals surface area contributed by atoms with Crippen molar-refractivity contribution in [2.75, 3.05) is 31.4 Å². The van der Waals surface area contributed by atoms with E-state index in [1.54, 1.807) is 20.3 Å². The van der Waals surface area contributed by atoms with E-state index in [0.717, 1.165) is 31.4 Å². The van der Waals surface area contributed by atoms with Crippen LogP contribution in [-0.2, 0) is 4.79 Å². The van der Waals surface area contributed by atoms with Gasteiger partial charge in [0, 0.05) is 18.2 Å². The molecule has 2 rings (SSSR count). The summed E-state index contributed by atoms with van der Waals surface area (Å²) in [4.78, 5) is 13.4. The summed E-state index contributed by atoms with van der Waals surface area (Å²) in [5.74, 6) is 0.800. The lowest BCUT2D eigenvalue weighted by Crippen LogP contribution is -2.40. The standard InChI is InChI=1S/C15H23N3O3/c1-20-13-7-11(16)12(8-14(13)21-2)18(9-15(17)19)10-5-3-4-6-10/h7-8,10H,3-6,9,16H2,1-2H3,(H2,17,19). The smallest absolute Gasteiger partial charge is 0.236 e. The molecule has 21 heavy (non-hydrogen) atoms. The molecule has 1 amide bonds. The molecule has 1 aromatic rings. The number of primary amides is 1. The van der Waals surface area contributed by atoms with Gasteiger partial charge in [0.25, 0.3) is 0 Å². The SMILES string of the molecule is COc1cc(N)c(N(CC(N)=O)C2CCCC2)cc1OC. The highest BCUT2D eigenvalue weighted by Crippen LogP contribution is 2.39. The molecule has 0 heterocycles. The highest BCUT2D eigenvalue weighted by atomic mass is 16.5. The van der Waals surface area contributed by atoms with E-state index < -0.39 is 0 Å². The highest BCUT2D eigenvalue weighted by Gasteiger charge is 2.26. The minimum atomic E-state index is -0.365. The number of methoxy groups -OCH3 is 2. The molecule has 1 fully saturated rings. The van der Waals surface area contributed by atoms with Crippen LogP contribution in [0.15, 0.2) is 12.1 Å². The van der Waals surface area contributed by atoms with Crippen LogP contribution < -0.4 is 25.8 Å². The molecule has 6 heteroatoms. The summed E-state index contributed by atoms with van der Waals surface area (Å²) in [6.07, 6.45) is 4.41. The third-order valence-corrected chi connectivity index (χ3v) is 3.93. The number of carbonyl (C=O) groups is 1. The van der Waals surface area contributed by atoms with Crippen LogP contribution in [0.5, 0.6) is 11.5 Å². The fourth-order valence-electron chi connectivity index (χ4n) is 2.93. The molecule has 0 aromatic heterocycles. The number of hydrogen-bond donors (Lipinski definition) is 2. The summed E-state index contributed by atoms with van der Waals surface area (Å²) in [6, 6.07) is 3.82. The Morgan fingerprint density at radius 3 is 2.33 bits per heavy atom. The zero-order valence-corrected chi connectivity index (χ0v) is 12.6. The van der Waals surface area contributed by atoms with Gasteiger partial charge < -0.3 is 25.8 Å². The van der Waals surface area contributed by atoms with Gasteiger partial charge in [-0.1, -0.05) is 12.8 Å². The van der Waals surface area contributed by atoms with Crippen molar-refractivity contribution in [3.63, 3.8) is 0 Å². The molecule has 1 aromatic carbocycles. The maximum Gasteiger partial charge on any atom is 0.236 e. The van der Waals surface area contributed by atoms with Gasteiger partial charge in [0.1, 0.15) is 0 Å². The topological polar surface area (TPSA) is 90.8 Å². The van der Waals surface area contributed by atoms with E-state index in [-0.39, 0.29) is 18.5 Å². The van der Waals surface area contributed by atoms with Crippen LogP contribution in [0.4, 0.5) is 11.4 Å². The largest absolute Gasteiger partial charge is 0.493 e. The maximum atomic E-state index is 11.4. The number of nitrogens with zero attached hydrogens (tertiary/aromatic N) is 1. The first kappa shape index (κ1) is 15.3. The number of benzene rings is 1. The predicted octanol–water partition coefficient (Wildman–Crippen LogP) is 1.52. The summed E-state index contributed by atoms with van der Waals surface area (Å²) in [7, 11) is 3.14. The molecular formula is C15H23N3O3. The van der Waals surface area contributed by atoms with Crippen molar-refractivity contribution in [1.29, 1.82) is 0 Å². The molecule has 0 saturated heterocycles. The molecule has 0 radical (unpaired) electrons. The van der Waals surface area contributed by atoms with Crippen molar-refractivity contribution in [3.05, 3.63) is 12.1 Å². The number of hydrogen-bond acceptors (Lipinski definition) is 5. The summed E-state index contributed by atoms with van der Waals surface area (Å²) in [5, 5.41) is 0. The van der Waals surface area contributed by atoms with Gasteiger partial charge in [-0.2, -0.15) is 0 Å². The van der Waals surface area contributed by atoms with E-state index in [0.29, 0.717) is 17.2 Å². The highest BCUT2D eigenvalue weighted by molar-refractivity contribution is 5.83. The van der Waals surface area contributed by atoms with Crippen molar-refractivity contribution in [3.8, 4) is 11.5 Å². The van der Waals surface area contributed by atoms with E-state index in [1.807, 2.05) is 11.0 Å². The molecule has 0 aliphatic heterocycles. The molecule has 0 bridgehead atoms. The van der Waals surface area contributed by atoms with Gasteiger partial charge in [0.15, 0.2) is 11.5 Å². The Labute approximate surface area is 125 Å². The molecule has 0 atom stereocenters. The van der Waals surface area contributed by atoms with Crippen molar-refractivity contribution in [2.45, 2.75) is 31.7 Å². The third kappa shape index (κ3) is 3.32. The second kappa shape index (κ2) is 6.56. The van der Waals surface area contributed by atoms with E-state index in [1.165, 1.54) is 0 Å². The number of amides is 1. The number of nitrogen functional groups attached to an aromatic ring is 1. The first-order valence-electron chi connectivity index (χ1n) is 7.13. The summed E-state index contributed by atoms with van der Waals surface area (Å²) < 4.78 is 10.6. The molecule has 6 nitrogen and oxygen atoms in total. The van der Waals surface area contributed by atoms with Gasteiger partial charge in [-0.15, -0.1) is 0 Å². The minimum absolute atomic E-state index is 0.157. The Kier molecular flexibility index (Phi) is 4.77. The fourth-order valence-corrected chi connectivity index (χ4v) is 2.93. The molecule has 1 saturated carbocycles. The van der Waals surface area contributed by atoms with Gasteiger partial charge in [-0.25, -0.2) is 0 Å². The zero-order valence-electron chi connectivity index (χ0n) is 12.6. The van der Waals surface area contributed by atoms with Crippen molar-refractivity contribution < 1.29 is 14.3 Å². The van der Waals surface area contributed by atoms with E-state index in [9.17, 15) is 4.79 Å². The Morgan fingerprint density at radius 2 is 1.81 bits per heavy atom. The fraction of sp³-hybridized carbons (Fsp3) is 0.533. The van der Waals surface area contributed by atoms with Crippen molar-refractivity contribution in [2.24, 2.45) is 5.73 Å². The zero-order chi connectivity index (χ0) is 15.4. The molecule has 4 N–H and O–H groups in total. The van der Waals surface area contributed by atoms with Gasteiger partial charge in [0.05, 0.1) is 32.1 Å². The van der Waals surface area contributed by atoms with Gasteiger partial charge >= 0.3 is 0 Å². The van der Waals surface area contributed by atoms with Crippen LogP contribution >= 0.6 is 0 Å². The lowest BCUT2D eigenvalue weighted by Gasteiger charge is -2.31. The van der Waals surface area contributed by atoms with Crippen molar-refractivity contribution >= 4 is 17.3 Å². The summed E-state index contributed by atoms with van der Waals surface area (Å²) in [6.45, 7) is 0.157. The first-order valence-corrected chi connectivity index (χ1v) is 7.13. The van der Waals surface area contributed by atoms with Crippen LogP contribution in [0.25, 0.3) is 0 Å². The lowest BCUT2D eigenvalue weighted by molar-refractivity contribution is -0.116. The van der Waals surface area contributed by atoms with E-state index in [4.69, 9.17) is 20.9 Å². The second-order valence-electron chi connectivity index (χ2n) is 5.30. The molecule has 1 aliphatic rings. The molecular weight excluding hydrogens is 270 g/mol. The lowest BCUT2D eigenvalue weighted by atomic mass is 10.1. The number of nitrogens with two attached hydrogens (primary N) is 2. The molecule has 116 valence electrons. The van der Waals surface area contributed by atoms with Crippen LogP contribution in [0.3, 0.4) is 0 Å². The Balaban J connectivity index is 2.40. The van der Waals surface area contributed by atoms with E-state index in [2.05, 4.69) is 0 Å². The van der Waals surface area contributed by atoms with Crippen LogP contribution in [0.1, 0.15) is 25.7 Å². The van der Waals surface area contributed by atoms with E-state index >= 15 is 0 Å². The molecule has 0 unspecified atom stereocenters. The van der Waals surface area contributed by atoms with Gasteiger partial charge in [-0.05, 0) is 12.8 Å². The number of rotatable bonds is 6. The number of anilines is 2. The normalized spacial score (nSPS) is 15.0. The number of ether oxygens (including phenoxy) is 2. The maximum absolute atomic E-state index is 11.4. The molecule has 1 aliphatic carbocycles. The summed E-state index contributed by atoms with van der Waals surface area (Å²) in [5.41, 5.74) is 12.9. The Hall–Kier alpha value is -2.11. The van der Waals surface area contributed by atoms with Crippen LogP contribution in [0, 0.1) is 0 Å². The average molecular weight is 293 g/mol. The predicted molar refractivity (Wildman–Crippen MR) is 82.8 cm³/mol. The monoisotopic (exact) mass is 293 g/mol. The Morgan fingerprint density at radius 1 is 1.24 bits per heavy atom. The van der Waals surface area contributed by atoms with Crippen LogP contribution in [0.2, 0.25) is 0 Å². The van der Waals surface area contributed by atoms with Crippen LogP contribution in [-0.4, -0.2) is 32.7 Å². The second-order valence-corrected chi connectivity index (χ2v) is 5.30. The third-order valence-electron chi connectivity index (χ3n) is 3.93. The quantitative estimate of drug-likeness (QED) is 0.776. The number of carbonyl (C=O) groups excluding carboxylic acids is 1. The van der Waals surface area contributed by atoms with Gasteiger partial charge in [0.2, 0.25) is 5.91 Å². The van der Waals surface area contributed by atoms with Crippen molar-refractivity contribution in [1.82, 2.24) is 0 Å². The molecule has 0 spiro atoms. The Bertz CT molecular complexity index is 513. The van der Waals surface area contributed by atoms with Gasteiger partial charge in [-0.3, -0.25) is 4.79 Å². The minimum Gasteiger partial charge on any atom is -0.493 e. The summed E-state index contributed by atoms with van der Waals surface area (Å²) >= 11 is 0.